The zero-order valence-electron chi connectivity index (χ0n) is 12.7. The minimum atomic E-state index is -0.464. The van der Waals surface area contributed by atoms with Gasteiger partial charge in [-0.25, -0.2) is 0 Å². The molecule has 3 rings (SSSR count). The van der Waals surface area contributed by atoms with Crippen molar-refractivity contribution in [3.63, 3.8) is 0 Å². The number of aliphatic hydroxyl groups is 1. The molecule has 0 spiro atoms. The second-order valence-corrected chi connectivity index (χ2v) is 6.56. The van der Waals surface area contributed by atoms with Crippen molar-refractivity contribution in [3.05, 3.63) is 35.4 Å². The van der Waals surface area contributed by atoms with Gasteiger partial charge < -0.3 is 15.7 Å². The molecule has 1 amide bonds. The van der Waals surface area contributed by atoms with Gasteiger partial charge in [-0.05, 0) is 30.0 Å². The smallest absolute Gasteiger partial charge is 0.225 e. The number of rotatable bonds is 3. The van der Waals surface area contributed by atoms with Crippen molar-refractivity contribution in [3.8, 4) is 0 Å². The van der Waals surface area contributed by atoms with Crippen molar-refractivity contribution < 1.29 is 9.90 Å². The number of benzene rings is 1. The lowest BCUT2D eigenvalue weighted by Gasteiger charge is -2.24. The van der Waals surface area contributed by atoms with Gasteiger partial charge in [0.25, 0.3) is 0 Å². The average Bonchev–Trinajstić information content (AvgIpc) is 3.06. The second-order valence-electron chi connectivity index (χ2n) is 6.56. The summed E-state index contributed by atoms with van der Waals surface area (Å²) in [7, 11) is 0. The number of nitrogens with one attached hydrogen (secondary N) is 2. The molecule has 1 aromatic rings. The van der Waals surface area contributed by atoms with Gasteiger partial charge in [-0.3, -0.25) is 4.79 Å². The number of carbonyl (C=O) groups is 1. The molecular formula is C17H24N2O2. The molecule has 4 heteroatoms. The fraction of sp³-hybridized carbons (Fsp3) is 0.588. The van der Waals surface area contributed by atoms with Gasteiger partial charge in [0.2, 0.25) is 5.91 Å². The van der Waals surface area contributed by atoms with Crippen molar-refractivity contribution in [2.45, 2.75) is 44.9 Å². The molecule has 4 atom stereocenters. The van der Waals surface area contributed by atoms with Crippen LogP contribution in [0.5, 0.6) is 0 Å². The third-order valence-corrected chi connectivity index (χ3v) is 4.83. The number of hydrogen-bond acceptors (Lipinski definition) is 3. The Labute approximate surface area is 125 Å². The summed E-state index contributed by atoms with van der Waals surface area (Å²) in [6.07, 6.45) is 1.01. The average molecular weight is 288 g/mol. The lowest BCUT2D eigenvalue weighted by atomic mass is 9.90. The molecule has 0 saturated carbocycles. The first kappa shape index (κ1) is 14.5. The molecule has 1 aromatic carbocycles. The first-order valence-electron chi connectivity index (χ1n) is 7.88. The van der Waals surface area contributed by atoms with Gasteiger partial charge in [0.05, 0.1) is 18.1 Å². The van der Waals surface area contributed by atoms with Crippen LogP contribution in [0.15, 0.2) is 24.3 Å². The summed E-state index contributed by atoms with van der Waals surface area (Å²) in [5.74, 6) is 0.604. The second kappa shape index (κ2) is 5.78. The van der Waals surface area contributed by atoms with Crippen molar-refractivity contribution in [2.24, 2.45) is 11.8 Å². The topological polar surface area (TPSA) is 61.4 Å². The highest BCUT2D eigenvalue weighted by Gasteiger charge is 2.37. The Kier molecular flexibility index (Phi) is 4.00. The van der Waals surface area contributed by atoms with Gasteiger partial charge in [-0.1, -0.05) is 38.1 Å². The predicted molar refractivity (Wildman–Crippen MR) is 81.6 cm³/mol. The Balaban J connectivity index is 1.72. The Morgan fingerprint density at radius 2 is 2.05 bits per heavy atom. The van der Waals surface area contributed by atoms with E-state index in [1.54, 1.807) is 0 Å². The van der Waals surface area contributed by atoms with Crippen LogP contribution in [0.4, 0.5) is 0 Å². The molecule has 1 heterocycles. The first-order valence-corrected chi connectivity index (χ1v) is 7.88. The molecule has 2 aliphatic rings. The summed E-state index contributed by atoms with van der Waals surface area (Å²) in [4.78, 5) is 12.6. The molecule has 4 nitrogen and oxygen atoms in total. The van der Waals surface area contributed by atoms with Gasteiger partial charge in [0.15, 0.2) is 0 Å². The van der Waals surface area contributed by atoms with Gasteiger partial charge >= 0.3 is 0 Å². The summed E-state index contributed by atoms with van der Waals surface area (Å²) in [5, 5.41) is 16.7. The molecule has 4 unspecified atom stereocenters. The fourth-order valence-electron chi connectivity index (χ4n) is 3.75. The van der Waals surface area contributed by atoms with Crippen LogP contribution in [-0.2, 0) is 4.79 Å². The molecule has 0 radical (unpaired) electrons. The standard InChI is InChI=1S/C17H24N2O2/c1-10(2)16-13(7-8-18-16)17(21)19-14-9-15(20)12-6-4-3-5-11(12)14/h3-6,10,13-16,18,20H,7-9H2,1-2H3,(H,19,21). The maximum atomic E-state index is 12.6. The van der Waals surface area contributed by atoms with Crippen molar-refractivity contribution in [1.29, 1.82) is 0 Å². The zero-order valence-corrected chi connectivity index (χ0v) is 12.7. The molecule has 0 aromatic heterocycles. The van der Waals surface area contributed by atoms with E-state index >= 15 is 0 Å². The third kappa shape index (κ3) is 2.70. The van der Waals surface area contributed by atoms with E-state index in [1.807, 2.05) is 24.3 Å². The van der Waals surface area contributed by atoms with Gasteiger partial charge in [0, 0.05) is 12.5 Å². The van der Waals surface area contributed by atoms with Crippen LogP contribution in [0.2, 0.25) is 0 Å². The number of fused-ring (bicyclic) bond motifs is 1. The van der Waals surface area contributed by atoms with E-state index in [0.717, 1.165) is 24.1 Å². The zero-order chi connectivity index (χ0) is 15.0. The molecule has 1 aliphatic heterocycles. The molecule has 114 valence electrons. The minimum absolute atomic E-state index is 0.0369. The van der Waals surface area contributed by atoms with Gasteiger partial charge in [-0.15, -0.1) is 0 Å². The van der Waals surface area contributed by atoms with Crippen LogP contribution in [0.3, 0.4) is 0 Å². The van der Waals surface area contributed by atoms with E-state index < -0.39 is 6.10 Å². The lowest BCUT2D eigenvalue weighted by Crippen LogP contribution is -2.42. The summed E-state index contributed by atoms with van der Waals surface area (Å²) in [6.45, 7) is 5.21. The van der Waals surface area contributed by atoms with Crippen molar-refractivity contribution in [2.75, 3.05) is 6.54 Å². The maximum Gasteiger partial charge on any atom is 0.225 e. The highest BCUT2D eigenvalue weighted by atomic mass is 16.3. The Hall–Kier alpha value is -1.39. The molecule has 1 saturated heterocycles. The Morgan fingerprint density at radius 3 is 2.76 bits per heavy atom. The van der Waals surface area contributed by atoms with Crippen molar-refractivity contribution in [1.82, 2.24) is 10.6 Å². The quantitative estimate of drug-likeness (QED) is 0.796. The first-order chi connectivity index (χ1) is 10.1. The van der Waals surface area contributed by atoms with Crippen LogP contribution < -0.4 is 10.6 Å². The molecule has 0 bridgehead atoms. The number of aliphatic hydroxyl groups excluding tert-OH is 1. The van der Waals surface area contributed by atoms with Crippen LogP contribution in [-0.4, -0.2) is 23.6 Å². The third-order valence-electron chi connectivity index (χ3n) is 4.83. The number of carbonyl (C=O) groups excluding carboxylic acids is 1. The molecule has 1 aliphatic carbocycles. The van der Waals surface area contributed by atoms with E-state index in [2.05, 4.69) is 24.5 Å². The molecular weight excluding hydrogens is 264 g/mol. The summed E-state index contributed by atoms with van der Waals surface area (Å²) < 4.78 is 0. The number of hydrogen-bond donors (Lipinski definition) is 3. The van der Waals surface area contributed by atoms with Gasteiger partial charge in [-0.2, -0.15) is 0 Å². The molecule has 3 N–H and O–H groups in total. The minimum Gasteiger partial charge on any atom is -0.388 e. The van der Waals surface area contributed by atoms with E-state index in [-0.39, 0.29) is 23.9 Å². The fourth-order valence-corrected chi connectivity index (χ4v) is 3.75. The monoisotopic (exact) mass is 288 g/mol. The van der Waals surface area contributed by atoms with Crippen LogP contribution in [0.25, 0.3) is 0 Å². The maximum absolute atomic E-state index is 12.6. The normalized spacial score (nSPS) is 31.4. The predicted octanol–water partition coefficient (Wildman–Crippen LogP) is 1.92. The summed E-state index contributed by atoms with van der Waals surface area (Å²) in [5.41, 5.74) is 2.01. The lowest BCUT2D eigenvalue weighted by molar-refractivity contribution is -0.126. The van der Waals surface area contributed by atoms with E-state index in [1.165, 1.54) is 0 Å². The Bertz CT molecular complexity index is 529. The van der Waals surface area contributed by atoms with Crippen LogP contribution >= 0.6 is 0 Å². The summed E-state index contributed by atoms with van der Waals surface area (Å²) >= 11 is 0. The molecule has 21 heavy (non-hydrogen) atoms. The summed E-state index contributed by atoms with van der Waals surface area (Å²) in [6, 6.07) is 8.04. The van der Waals surface area contributed by atoms with E-state index in [0.29, 0.717) is 12.3 Å². The van der Waals surface area contributed by atoms with E-state index in [4.69, 9.17) is 0 Å². The SMILES string of the molecule is CC(C)C1NCCC1C(=O)NC1CC(O)c2ccccc21. The highest BCUT2D eigenvalue weighted by Crippen LogP contribution is 2.38. The van der Waals surface area contributed by atoms with E-state index in [9.17, 15) is 9.90 Å². The number of amides is 1. The van der Waals surface area contributed by atoms with Crippen LogP contribution in [0.1, 0.15) is 50.0 Å². The van der Waals surface area contributed by atoms with Crippen LogP contribution in [0, 0.1) is 11.8 Å². The highest BCUT2D eigenvalue weighted by molar-refractivity contribution is 5.80. The van der Waals surface area contributed by atoms with Gasteiger partial charge in [0.1, 0.15) is 0 Å². The Morgan fingerprint density at radius 1 is 1.33 bits per heavy atom. The molecule has 1 fully saturated rings. The largest absolute Gasteiger partial charge is 0.388 e. The van der Waals surface area contributed by atoms with Crippen molar-refractivity contribution >= 4 is 5.91 Å².